The van der Waals surface area contributed by atoms with Gasteiger partial charge in [0.25, 0.3) is 5.91 Å². The Bertz CT molecular complexity index is 483. The highest BCUT2D eigenvalue weighted by Gasteiger charge is 2.14. The smallest absolute Gasteiger partial charge is 0.252 e. The molecular formula is C16H25N5O. The molecule has 1 fully saturated rings. The standard InChI is InChI=1S/C16H25N5O/c1-17-16(21-14-7-3-2-4-8-14)20-11-10-19-15(22)13-6-5-9-18-12-13/h5-6,9,12,14H,2-4,7-8,10-11H2,1H3,(H,19,22)(H2,17,20,21). The van der Waals surface area contributed by atoms with E-state index in [0.717, 1.165) is 5.96 Å². The van der Waals surface area contributed by atoms with Crippen molar-refractivity contribution in [1.82, 2.24) is 20.9 Å². The zero-order valence-electron chi connectivity index (χ0n) is 13.1. The van der Waals surface area contributed by atoms with Crippen molar-refractivity contribution in [3.8, 4) is 0 Å². The first kappa shape index (κ1) is 16.3. The number of carbonyl (C=O) groups excluding carboxylic acids is 1. The number of nitrogens with zero attached hydrogens (tertiary/aromatic N) is 2. The van der Waals surface area contributed by atoms with E-state index in [0.29, 0.717) is 24.7 Å². The minimum Gasteiger partial charge on any atom is -0.355 e. The minimum absolute atomic E-state index is 0.106. The highest BCUT2D eigenvalue weighted by Crippen LogP contribution is 2.17. The fourth-order valence-electron chi connectivity index (χ4n) is 2.59. The predicted molar refractivity (Wildman–Crippen MR) is 87.9 cm³/mol. The van der Waals surface area contributed by atoms with Crippen LogP contribution in [0, 0.1) is 0 Å². The van der Waals surface area contributed by atoms with Gasteiger partial charge in [-0.15, -0.1) is 0 Å². The summed E-state index contributed by atoms with van der Waals surface area (Å²) in [6.45, 7) is 1.18. The predicted octanol–water partition coefficient (Wildman–Crippen LogP) is 1.31. The number of carbonyl (C=O) groups is 1. The molecule has 1 saturated carbocycles. The van der Waals surface area contributed by atoms with Crippen LogP contribution in [0.15, 0.2) is 29.5 Å². The molecule has 22 heavy (non-hydrogen) atoms. The summed E-state index contributed by atoms with van der Waals surface area (Å²) in [5, 5.41) is 9.53. The second-order valence-corrected chi connectivity index (χ2v) is 5.48. The van der Waals surface area contributed by atoms with Crippen molar-refractivity contribution < 1.29 is 4.79 Å². The Morgan fingerprint density at radius 1 is 1.27 bits per heavy atom. The van der Waals surface area contributed by atoms with Gasteiger partial charge in [-0.3, -0.25) is 14.8 Å². The molecule has 1 heterocycles. The zero-order valence-corrected chi connectivity index (χ0v) is 13.1. The SMILES string of the molecule is CN=C(NCCNC(=O)c1cccnc1)NC1CCCCC1. The molecule has 0 aliphatic heterocycles. The number of hydrogen-bond acceptors (Lipinski definition) is 3. The van der Waals surface area contributed by atoms with Gasteiger partial charge in [-0.05, 0) is 25.0 Å². The summed E-state index contributed by atoms with van der Waals surface area (Å²) in [6.07, 6.45) is 9.54. The second-order valence-electron chi connectivity index (χ2n) is 5.48. The van der Waals surface area contributed by atoms with Crippen molar-refractivity contribution in [3.63, 3.8) is 0 Å². The van der Waals surface area contributed by atoms with E-state index in [9.17, 15) is 4.79 Å². The molecule has 6 heteroatoms. The van der Waals surface area contributed by atoms with E-state index >= 15 is 0 Å². The number of rotatable bonds is 5. The van der Waals surface area contributed by atoms with Crippen LogP contribution in [0.3, 0.4) is 0 Å². The fourth-order valence-corrected chi connectivity index (χ4v) is 2.59. The van der Waals surface area contributed by atoms with Gasteiger partial charge in [0, 0.05) is 38.6 Å². The van der Waals surface area contributed by atoms with Crippen LogP contribution in [0.4, 0.5) is 0 Å². The van der Waals surface area contributed by atoms with Gasteiger partial charge in [-0.25, -0.2) is 0 Å². The van der Waals surface area contributed by atoms with Gasteiger partial charge in [-0.1, -0.05) is 19.3 Å². The summed E-state index contributed by atoms with van der Waals surface area (Å²) < 4.78 is 0. The number of hydrogen-bond donors (Lipinski definition) is 3. The number of aliphatic imine (C=N–C) groups is 1. The fraction of sp³-hybridized carbons (Fsp3) is 0.562. The van der Waals surface area contributed by atoms with Gasteiger partial charge in [0.1, 0.15) is 0 Å². The average molecular weight is 303 g/mol. The van der Waals surface area contributed by atoms with Crippen LogP contribution in [-0.2, 0) is 0 Å². The van der Waals surface area contributed by atoms with E-state index in [1.807, 2.05) is 0 Å². The molecule has 6 nitrogen and oxygen atoms in total. The number of amides is 1. The molecule has 1 amide bonds. The van der Waals surface area contributed by atoms with Crippen molar-refractivity contribution in [2.75, 3.05) is 20.1 Å². The van der Waals surface area contributed by atoms with Crippen LogP contribution < -0.4 is 16.0 Å². The molecule has 1 aliphatic rings. The van der Waals surface area contributed by atoms with Gasteiger partial charge >= 0.3 is 0 Å². The maximum Gasteiger partial charge on any atom is 0.252 e. The molecule has 2 rings (SSSR count). The normalized spacial score (nSPS) is 16.1. The van der Waals surface area contributed by atoms with E-state index in [4.69, 9.17) is 0 Å². The summed E-state index contributed by atoms with van der Waals surface area (Å²) >= 11 is 0. The molecule has 0 aromatic carbocycles. The molecule has 0 spiro atoms. The van der Waals surface area contributed by atoms with Crippen LogP contribution in [0.2, 0.25) is 0 Å². The van der Waals surface area contributed by atoms with Crippen LogP contribution in [-0.4, -0.2) is 43.0 Å². The lowest BCUT2D eigenvalue weighted by molar-refractivity contribution is 0.0954. The van der Waals surface area contributed by atoms with E-state index < -0.39 is 0 Å². The number of guanidine groups is 1. The Morgan fingerprint density at radius 2 is 2.05 bits per heavy atom. The first-order valence-electron chi connectivity index (χ1n) is 7.95. The zero-order chi connectivity index (χ0) is 15.6. The molecular weight excluding hydrogens is 278 g/mol. The summed E-state index contributed by atoms with van der Waals surface area (Å²) in [4.78, 5) is 20.0. The van der Waals surface area contributed by atoms with E-state index in [-0.39, 0.29) is 5.91 Å². The minimum atomic E-state index is -0.106. The molecule has 3 N–H and O–H groups in total. The summed E-state index contributed by atoms with van der Waals surface area (Å²) in [7, 11) is 1.77. The first-order chi connectivity index (χ1) is 10.8. The molecule has 1 aromatic heterocycles. The third-order valence-corrected chi connectivity index (χ3v) is 3.80. The summed E-state index contributed by atoms with van der Waals surface area (Å²) in [6, 6.07) is 4.02. The van der Waals surface area contributed by atoms with Crippen LogP contribution in [0.5, 0.6) is 0 Å². The Morgan fingerprint density at radius 3 is 2.73 bits per heavy atom. The monoisotopic (exact) mass is 303 g/mol. The lowest BCUT2D eigenvalue weighted by Gasteiger charge is -2.24. The van der Waals surface area contributed by atoms with Gasteiger partial charge in [0.15, 0.2) is 5.96 Å². The van der Waals surface area contributed by atoms with Crippen LogP contribution in [0.1, 0.15) is 42.5 Å². The topological polar surface area (TPSA) is 78.4 Å². The Balaban J connectivity index is 1.65. The van der Waals surface area contributed by atoms with Crippen molar-refractivity contribution in [2.24, 2.45) is 4.99 Å². The number of aromatic nitrogens is 1. The maximum absolute atomic E-state index is 11.9. The Labute approximate surface area is 131 Å². The van der Waals surface area contributed by atoms with Crippen molar-refractivity contribution in [1.29, 1.82) is 0 Å². The third-order valence-electron chi connectivity index (χ3n) is 3.80. The van der Waals surface area contributed by atoms with Gasteiger partial charge in [0.05, 0.1) is 5.56 Å². The van der Waals surface area contributed by atoms with Crippen LogP contribution in [0.25, 0.3) is 0 Å². The maximum atomic E-state index is 11.9. The molecule has 1 aliphatic carbocycles. The second kappa shape index (κ2) is 9.02. The largest absolute Gasteiger partial charge is 0.355 e. The molecule has 0 unspecified atom stereocenters. The molecule has 0 bridgehead atoms. The third kappa shape index (κ3) is 5.35. The Kier molecular flexibility index (Phi) is 6.67. The molecule has 1 aromatic rings. The molecule has 0 radical (unpaired) electrons. The van der Waals surface area contributed by atoms with E-state index in [1.54, 1.807) is 31.6 Å². The van der Waals surface area contributed by atoms with Crippen molar-refractivity contribution >= 4 is 11.9 Å². The number of nitrogens with one attached hydrogen (secondary N) is 3. The highest BCUT2D eigenvalue weighted by molar-refractivity contribution is 5.93. The molecule has 0 saturated heterocycles. The summed E-state index contributed by atoms with van der Waals surface area (Å²) in [5.41, 5.74) is 0.576. The highest BCUT2D eigenvalue weighted by atomic mass is 16.1. The van der Waals surface area contributed by atoms with Crippen molar-refractivity contribution in [2.45, 2.75) is 38.1 Å². The van der Waals surface area contributed by atoms with Crippen LogP contribution >= 0.6 is 0 Å². The lowest BCUT2D eigenvalue weighted by Crippen LogP contribution is -2.46. The molecule has 120 valence electrons. The summed E-state index contributed by atoms with van der Waals surface area (Å²) in [5.74, 6) is 0.702. The van der Waals surface area contributed by atoms with Gasteiger partial charge < -0.3 is 16.0 Å². The lowest BCUT2D eigenvalue weighted by atomic mass is 9.96. The van der Waals surface area contributed by atoms with E-state index in [2.05, 4.69) is 25.9 Å². The average Bonchev–Trinajstić information content (AvgIpc) is 2.59. The van der Waals surface area contributed by atoms with Gasteiger partial charge in [-0.2, -0.15) is 0 Å². The van der Waals surface area contributed by atoms with Gasteiger partial charge in [0.2, 0.25) is 0 Å². The quantitative estimate of drug-likeness (QED) is 0.435. The Hall–Kier alpha value is -2.11. The first-order valence-corrected chi connectivity index (χ1v) is 7.95. The number of pyridine rings is 1. The van der Waals surface area contributed by atoms with Crippen molar-refractivity contribution in [3.05, 3.63) is 30.1 Å². The molecule has 0 atom stereocenters. The van der Waals surface area contributed by atoms with E-state index in [1.165, 1.54) is 32.1 Å².